The summed E-state index contributed by atoms with van der Waals surface area (Å²) in [6.07, 6.45) is 4.73. The predicted octanol–water partition coefficient (Wildman–Crippen LogP) is 1.42. The van der Waals surface area contributed by atoms with Crippen LogP contribution in [0.3, 0.4) is 0 Å². The van der Waals surface area contributed by atoms with Gasteiger partial charge in [0, 0.05) is 6.54 Å². The molecule has 0 saturated heterocycles. The van der Waals surface area contributed by atoms with Crippen molar-refractivity contribution < 1.29 is 0 Å². The van der Waals surface area contributed by atoms with Gasteiger partial charge in [-0.05, 0) is 12.3 Å². The maximum Gasteiger partial charge on any atom is 0.195 e. The number of guanidine groups is 2. The van der Waals surface area contributed by atoms with Crippen molar-refractivity contribution in [1.82, 2.24) is 5.32 Å². The van der Waals surface area contributed by atoms with Crippen LogP contribution < -0.4 is 16.8 Å². The predicted molar refractivity (Wildman–Crippen MR) is 72.1 cm³/mol. The van der Waals surface area contributed by atoms with Crippen molar-refractivity contribution in [1.29, 1.82) is 5.41 Å². The number of halogens is 1. The van der Waals surface area contributed by atoms with E-state index in [1.165, 1.54) is 19.3 Å². The number of rotatable bonds is 6. The highest BCUT2D eigenvalue weighted by Gasteiger charge is 2.04. The SMILES string of the molecule is CCCCC(CC)CN=C(N)NC(=N)N.Cl. The third kappa shape index (κ3) is 9.58. The molecule has 6 heteroatoms. The van der Waals surface area contributed by atoms with Crippen LogP contribution in [0.5, 0.6) is 0 Å². The van der Waals surface area contributed by atoms with Crippen molar-refractivity contribution in [3.8, 4) is 0 Å². The van der Waals surface area contributed by atoms with E-state index in [0.717, 1.165) is 6.42 Å². The number of hydrogen-bond donors (Lipinski definition) is 4. The van der Waals surface area contributed by atoms with Crippen LogP contribution in [-0.2, 0) is 0 Å². The van der Waals surface area contributed by atoms with Crippen molar-refractivity contribution in [3.63, 3.8) is 0 Å². The molecule has 0 amide bonds. The molecule has 0 aromatic rings. The fraction of sp³-hybridized carbons (Fsp3) is 0.800. The summed E-state index contributed by atoms with van der Waals surface area (Å²) in [6, 6.07) is 0. The molecule has 6 N–H and O–H groups in total. The summed E-state index contributed by atoms with van der Waals surface area (Å²) in [5.74, 6) is 0.646. The first kappa shape index (κ1) is 17.4. The van der Waals surface area contributed by atoms with E-state index in [0.29, 0.717) is 12.5 Å². The lowest BCUT2D eigenvalue weighted by Crippen LogP contribution is -2.41. The zero-order chi connectivity index (χ0) is 11.7. The minimum atomic E-state index is -0.169. The minimum absolute atomic E-state index is 0. The lowest BCUT2D eigenvalue weighted by atomic mass is 10.00. The Kier molecular flexibility index (Phi) is 11.5. The van der Waals surface area contributed by atoms with Crippen molar-refractivity contribution in [2.75, 3.05) is 6.54 Å². The summed E-state index contributed by atoms with van der Waals surface area (Å²) < 4.78 is 0. The van der Waals surface area contributed by atoms with Gasteiger partial charge in [-0.2, -0.15) is 0 Å². The monoisotopic (exact) mass is 249 g/mol. The normalized spacial score (nSPS) is 12.8. The van der Waals surface area contributed by atoms with Crippen LogP contribution in [-0.4, -0.2) is 18.5 Å². The second-order valence-corrected chi connectivity index (χ2v) is 3.68. The van der Waals surface area contributed by atoms with Crippen LogP contribution in [0, 0.1) is 11.3 Å². The van der Waals surface area contributed by atoms with Crippen LogP contribution in [0.4, 0.5) is 0 Å². The van der Waals surface area contributed by atoms with Crippen LogP contribution in [0.1, 0.15) is 39.5 Å². The lowest BCUT2D eigenvalue weighted by Gasteiger charge is -2.11. The highest BCUT2D eigenvalue weighted by Crippen LogP contribution is 2.12. The summed E-state index contributed by atoms with van der Waals surface area (Å²) in [5.41, 5.74) is 10.6. The van der Waals surface area contributed by atoms with Gasteiger partial charge in [0.1, 0.15) is 0 Å². The molecule has 0 rings (SSSR count). The summed E-state index contributed by atoms with van der Waals surface area (Å²) in [4.78, 5) is 4.15. The van der Waals surface area contributed by atoms with Crippen LogP contribution in [0.15, 0.2) is 4.99 Å². The van der Waals surface area contributed by atoms with Crippen LogP contribution in [0.25, 0.3) is 0 Å². The number of nitrogens with two attached hydrogens (primary N) is 2. The summed E-state index contributed by atoms with van der Waals surface area (Å²) in [5, 5.41) is 9.44. The van der Waals surface area contributed by atoms with Gasteiger partial charge in [0.25, 0.3) is 0 Å². The van der Waals surface area contributed by atoms with Crippen molar-refractivity contribution in [2.24, 2.45) is 22.4 Å². The maximum absolute atomic E-state index is 6.97. The summed E-state index contributed by atoms with van der Waals surface area (Å²) in [6.45, 7) is 5.05. The average molecular weight is 250 g/mol. The van der Waals surface area contributed by atoms with Crippen molar-refractivity contribution in [2.45, 2.75) is 39.5 Å². The molecular formula is C10H24ClN5. The Morgan fingerprint density at radius 3 is 2.44 bits per heavy atom. The molecule has 16 heavy (non-hydrogen) atoms. The van der Waals surface area contributed by atoms with E-state index in [1.807, 2.05) is 0 Å². The van der Waals surface area contributed by atoms with E-state index in [9.17, 15) is 0 Å². The van der Waals surface area contributed by atoms with E-state index < -0.39 is 0 Å². The molecule has 0 spiro atoms. The van der Waals surface area contributed by atoms with Gasteiger partial charge in [0.15, 0.2) is 11.9 Å². The van der Waals surface area contributed by atoms with Gasteiger partial charge in [0.05, 0.1) is 0 Å². The zero-order valence-corrected chi connectivity index (χ0v) is 10.9. The zero-order valence-electron chi connectivity index (χ0n) is 10.1. The Morgan fingerprint density at radius 1 is 1.38 bits per heavy atom. The average Bonchev–Trinajstić information content (AvgIpc) is 2.17. The van der Waals surface area contributed by atoms with Gasteiger partial charge in [-0.1, -0.05) is 33.1 Å². The molecule has 0 aliphatic carbocycles. The molecule has 5 nitrogen and oxygen atoms in total. The Labute approximate surface area is 104 Å². The molecule has 0 heterocycles. The van der Waals surface area contributed by atoms with Crippen LogP contribution in [0.2, 0.25) is 0 Å². The Morgan fingerprint density at radius 2 is 2.00 bits per heavy atom. The lowest BCUT2D eigenvalue weighted by molar-refractivity contribution is 0.462. The number of hydrogen-bond acceptors (Lipinski definition) is 2. The third-order valence-corrected chi connectivity index (χ3v) is 2.33. The standard InChI is InChI=1S/C10H23N5.ClH/c1-3-5-6-8(4-2)7-14-10(13)15-9(11)12;/h8H,3-7H2,1-2H3,(H6,11,12,13,14,15);1H. The molecule has 0 aromatic carbocycles. The van der Waals surface area contributed by atoms with Gasteiger partial charge in [-0.25, -0.2) is 0 Å². The van der Waals surface area contributed by atoms with Crippen molar-refractivity contribution >= 4 is 24.3 Å². The highest BCUT2D eigenvalue weighted by atomic mass is 35.5. The Balaban J connectivity index is 0. The van der Waals surface area contributed by atoms with Gasteiger partial charge in [-0.3, -0.25) is 15.7 Å². The number of nitrogens with one attached hydrogen (secondary N) is 2. The van der Waals surface area contributed by atoms with Crippen LogP contribution >= 0.6 is 12.4 Å². The fourth-order valence-corrected chi connectivity index (χ4v) is 1.32. The molecule has 0 aliphatic heterocycles. The quantitative estimate of drug-likeness (QED) is 0.423. The van der Waals surface area contributed by atoms with Gasteiger partial charge < -0.3 is 11.5 Å². The van der Waals surface area contributed by atoms with E-state index in [4.69, 9.17) is 16.9 Å². The number of unbranched alkanes of at least 4 members (excludes halogenated alkanes) is 1. The topological polar surface area (TPSA) is 100 Å². The number of nitrogens with zero attached hydrogens (tertiary/aromatic N) is 1. The molecule has 0 saturated carbocycles. The first-order valence-electron chi connectivity index (χ1n) is 5.51. The molecule has 0 radical (unpaired) electrons. The van der Waals surface area contributed by atoms with E-state index in [1.54, 1.807) is 0 Å². The molecule has 0 bridgehead atoms. The molecule has 1 atom stereocenters. The highest BCUT2D eigenvalue weighted by molar-refractivity contribution is 5.95. The third-order valence-electron chi connectivity index (χ3n) is 2.33. The molecule has 1 unspecified atom stereocenters. The van der Waals surface area contributed by atoms with Gasteiger partial charge in [0.2, 0.25) is 0 Å². The van der Waals surface area contributed by atoms with Gasteiger partial charge in [-0.15, -0.1) is 12.4 Å². The molecule has 0 aromatic heterocycles. The molecule has 96 valence electrons. The van der Waals surface area contributed by atoms with Gasteiger partial charge >= 0.3 is 0 Å². The minimum Gasteiger partial charge on any atom is -0.370 e. The molecule has 0 fully saturated rings. The van der Waals surface area contributed by atoms with E-state index in [-0.39, 0.29) is 24.3 Å². The maximum atomic E-state index is 6.97. The van der Waals surface area contributed by atoms with Crippen molar-refractivity contribution in [3.05, 3.63) is 0 Å². The smallest absolute Gasteiger partial charge is 0.195 e. The van der Waals surface area contributed by atoms with E-state index in [2.05, 4.69) is 24.2 Å². The number of aliphatic imine (C=N–C) groups is 1. The Hall–Kier alpha value is -0.970. The van der Waals surface area contributed by atoms with E-state index >= 15 is 0 Å². The second-order valence-electron chi connectivity index (χ2n) is 3.68. The Bertz CT molecular complexity index is 217. The summed E-state index contributed by atoms with van der Waals surface area (Å²) >= 11 is 0. The fourth-order valence-electron chi connectivity index (χ4n) is 1.32. The largest absolute Gasteiger partial charge is 0.370 e. The molecular weight excluding hydrogens is 226 g/mol. The second kappa shape index (κ2) is 10.5. The molecule has 0 aliphatic rings. The first-order valence-corrected chi connectivity index (χ1v) is 5.51. The summed E-state index contributed by atoms with van der Waals surface area (Å²) in [7, 11) is 0. The first-order chi connectivity index (χ1) is 7.10.